The number of rotatable bonds is 7. The molecule has 17 heavy (non-hydrogen) atoms. The highest BCUT2D eigenvalue weighted by atomic mass is 16.5. The second-order valence-corrected chi connectivity index (χ2v) is 5.87. The van der Waals surface area contributed by atoms with E-state index in [4.69, 9.17) is 4.74 Å². The zero-order chi connectivity index (χ0) is 13.1. The first-order chi connectivity index (χ1) is 7.89. The summed E-state index contributed by atoms with van der Waals surface area (Å²) in [7, 11) is 0. The lowest BCUT2D eigenvalue weighted by molar-refractivity contribution is -0.118. The molecule has 0 bridgehead atoms. The molecule has 2 N–H and O–H groups in total. The third-order valence-electron chi connectivity index (χ3n) is 4.54. The number of aliphatic hydroxyl groups is 1. The van der Waals surface area contributed by atoms with E-state index in [1.54, 1.807) is 0 Å². The van der Waals surface area contributed by atoms with Gasteiger partial charge in [-0.2, -0.15) is 0 Å². The quantitative estimate of drug-likeness (QED) is 0.721. The molecular weight excluding hydrogens is 214 g/mol. The fourth-order valence-corrected chi connectivity index (χ4v) is 2.53. The SMILES string of the molecule is CCOC1CC(NCC(O)(CC)CC)C1(C)C. The van der Waals surface area contributed by atoms with Gasteiger partial charge < -0.3 is 15.2 Å². The minimum atomic E-state index is -0.549. The van der Waals surface area contributed by atoms with E-state index in [1.165, 1.54) is 0 Å². The maximum Gasteiger partial charge on any atom is 0.0766 e. The second kappa shape index (κ2) is 5.68. The Morgan fingerprint density at radius 3 is 2.29 bits per heavy atom. The lowest BCUT2D eigenvalue weighted by Crippen LogP contribution is -2.62. The summed E-state index contributed by atoms with van der Waals surface area (Å²) in [6, 6.07) is 0.462. The zero-order valence-corrected chi connectivity index (χ0v) is 12.0. The van der Waals surface area contributed by atoms with Gasteiger partial charge in [0.05, 0.1) is 11.7 Å². The maximum absolute atomic E-state index is 10.2. The van der Waals surface area contributed by atoms with Crippen LogP contribution < -0.4 is 5.32 Å². The maximum atomic E-state index is 10.2. The predicted octanol–water partition coefficient (Wildman–Crippen LogP) is 2.33. The molecule has 1 rings (SSSR count). The molecule has 0 spiro atoms. The lowest BCUT2D eigenvalue weighted by Gasteiger charge is -2.52. The van der Waals surface area contributed by atoms with Crippen molar-refractivity contribution < 1.29 is 9.84 Å². The van der Waals surface area contributed by atoms with Crippen LogP contribution in [0.3, 0.4) is 0 Å². The average molecular weight is 243 g/mol. The van der Waals surface area contributed by atoms with E-state index >= 15 is 0 Å². The van der Waals surface area contributed by atoms with Crippen LogP contribution in [0.15, 0.2) is 0 Å². The summed E-state index contributed by atoms with van der Waals surface area (Å²) in [6.07, 6.45) is 3.03. The van der Waals surface area contributed by atoms with Gasteiger partial charge in [-0.25, -0.2) is 0 Å². The highest BCUT2D eigenvalue weighted by molar-refractivity contribution is 5.03. The summed E-state index contributed by atoms with van der Waals surface area (Å²) in [6.45, 7) is 12.1. The van der Waals surface area contributed by atoms with Crippen LogP contribution in [0.1, 0.15) is 53.9 Å². The normalized spacial score (nSPS) is 27.9. The van der Waals surface area contributed by atoms with Gasteiger partial charge in [0.2, 0.25) is 0 Å². The van der Waals surface area contributed by atoms with Crippen molar-refractivity contribution in [3.63, 3.8) is 0 Å². The van der Waals surface area contributed by atoms with E-state index in [0.29, 0.717) is 18.7 Å². The number of hydrogen-bond donors (Lipinski definition) is 2. The molecule has 0 aromatic carbocycles. The molecule has 0 aliphatic heterocycles. The summed E-state index contributed by atoms with van der Waals surface area (Å²) in [5, 5.41) is 13.8. The van der Waals surface area contributed by atoms with E-state index < -0.39 is 5.60 Å². The fourth-order valence-electron chi connectivity index (χ4n) is 2.53. The van der Waals surface area contributed by atoms with Gasteiger partial charge in [-0.1, -0.05) is 27.7 Å². The molecule has 3 nitrogen and oxygen atoms in total. The van der Waals surface area contributed by atoms with Crippen molar-refractivity contribution in [2.75, 3.05) is 13.2 Å². The molecule has 1 fully saturated rings. The first kappa shape index (κ1) is 14.9. The monoisotopic (exact) mass is 243 g/mol. The Morgan fingerprint density at radius 1 is 1.29 bits per heavy atom. The van der Waals surface area contributed by atoms with Gasteiger partial charge in [0.1, 0.15) is 0 Å². The Morgan fingerprint density at radius 2 is 1.88 bits per heavy atom. The zero-order valence-electron chi connectivity index (χ0n) is 12.0. The highest BCUT2D eigenvalue weighted by Gasteiger charge is 2.48. The molecule has 0 saturated heterocycles. The predicted molar refractivity (Wildman–Crippen MR) is 71.1 cm³/mol. The average Bonchev–Trinajstić information content (AvgIpc) is 2.32. The van der Waals surface area contributed by atoms with Gasteiger partial charge in [-0.3, -0.25) is 0 Å². The van der Waals surface area contributed by atoms with Crippen LogP contribution in [0.25, 0.3) is 0 Å². The molecule has 3 heteroatoms. The molecule has 1 aliphatic carbocycles. The first-order valence-corrected chi connectivity index (χ1v) is 6.97. The van der Waals surface area contributed by atoms with E-state index in [1.807, 2.05) is 20.8 Å². The molecule has 1 saturated carbocycles. The van der Waals surface area contributed by atoms with Crippen molar-refractivity contribution in [2.45, 2.75) is 71.6 Å². The molecule has 102 valence electrons. The number of nitrogens with one attached hydrogen (secondary N) is 1. The fraction of sp³-hybridized carbons (Fsp3) is 1.00. The van der Waals surface area contributed by atoms with E-state index in [2.05, 4.69) is 19.2 Å². The number of hydrogen-bond acceptors (Lipinski definition) is 3. The minimum absolute atomic E-state index is 0.179. The largest absolute Gasteiger partial charge is 0.389 e. The van der Waals surface area contributed by atoms with Gasteiger partial charge in [-0.15, -0.1) is 0 Å². The molecule has 1 aliphatic rings. The summed E-state index contributed by atoms with van der Waals surface area (Å²) in [4.78, 5) is 0. The van der Waals surface area contributed by atoms with Crippen LogP contribution in [-0.4, -0.2) is 36.0 Å². The Balaban J connectivity index is 2.40. The van der Waals surface area contributed by atoms with Crippen molar-refractivity contribution >= 4 is 0 Å². The van der Waals surface area contributed by atoms with Crippen molar-refractivity contribution in [3.05, 3.63) is 0 Å². The standard InChI is InChI=1S/C14H29NO2/c1-6-14(16,7-2)10-15-11-9-12(17-8-3)13(11,4)5/h11-12,15-16H,6-10H2,1-5H3. The van der Waals surface area contributed by atoms with Crippen LogP contribution in [0.4, 0.5) is 0 Å². The van der Waals surface area contributed by atoms with Crippen molar-refractivity contribution in [2.24, 2.45) is 5.41 Å². The molecule has 2 unspecified atom stereocenters. The third kappa shape index (κ3) is 3.21. The first-order valence-electron chi connectivity index (χ1n) is 6.97. The Kier molecular flexibility index (Phi) is 4.99. The van der Waals surface area contributed by atoms with Gasteiger partial charge in [0.15, 0.2) is 0 Å². The topological polar surface area (TPSA) is 41.5 Å². The Labute approximate surface area is 106 Å². The van der Waals surface area contributed by atoms with E-state index in [9.17, 15) is 5.11 Å². The molecule has 0 amide bonds. The second-order valence-electron chi connectivity index (χ2n) is 5.87. The molecule has 0 heterocycles. The van der Waals surface area contributed by atoms with Crippen LogP contribution in [0, 0.1) is 5.41 Å². The van der Waals surface area contributed by atoms with Crippen LogP contribution in [-0.2, 0) is 4.74 Å². The highest BCUT2D eigenvalue weighted by Crippen LogP contribution is 2.42. The smallest absolute Gasteiger partial charge is 0.0766 e. The molecule has 0 aromatic rings. The summed E-state index contributed by atoms with van der Waals surface area (Å²) in [5.74, 6) is 0. The third-order valence-corrected chi connectivity index (χ3v) is 4.54. The van der Waals surface area contributed by atoms with Crippen molar-refractivity contribution in [1.82, 2.24) is 5.32 Å². The van der Waals surface area contributed by atoms with Crippen LogP contribution in [0.2, 0.25) is 0 Å². The van der Waals surface area contributed by atoms with Crippen molar-refractivity contribution in [1.29, 1.82) is 0 Å². The Bertz CT molecular complexity index is 236. The molecule has 0 radical (unpaired) electrons. The molecule has 0 aromatic heterocycles. The van der Waals surface area contributed by atoms with Crippen LogP contribution in [0.5, 0.6) is 0 Å². The summed E-state index contributed by atoms with van der Waals surface area (Å²) >= 11 is 0. The lowest BCUT2D eigenvalue weighted by atomic mass is 9.64. The summed E-state index contributed by atoms with van der Waals surface area (Å²) < 4.78 is 5.71. The van der Waals surface area contributed by atoms with Gasteiger partial charge >= 0.3 is 0 Å². The van der Waals surface area contributed by atoms with Crippen molar-refractivity contribution in [3.8, 4) is 0 Å². The minimum Gasteiger partial charge on any atom is -0.389 e. The van der Waals surface area contributed by atoms with Gasteiger partial charge in [-0.05, 0) is 26.2 Å². The van der Waals surface area contributed by atoms with E-state index in [0.717, 1.165) is 25.9 Å². The van der Waals surface area contributed by atoms with Gasteiger partial charge in [0, 0.05) is 24.6 Å². The summed E-state index contributed by atoms with van der Waals surface area (Å²) in [5.41, 5.74) is -0.370. The Hall–Kier alpha value is -0.120. The molecule has 2 atom stereocenters. The van der Waals surface area contributed by atoms with E-state index in [-0.39, 0.29) is 5.41 Å². The number of ether oxygens (including phenoxy) is 1. The molecular formula is C14H29NO2. The van der Waals surface area contributed by atoms with Gasteiger partial charge in [0.25, 0.3) is 0 Å². The van der Waals surface area contributed by atoms with Crippen LogP contribution >= 0.6 is 0 Å².